The predicted octanol–water partition coefficient (Wildman–Crippen LogP) is 6.09. The first-order valence-corrected chi connectivity index (χ1v) is 12.0. The lowest BCUT2D eigenvalue weighted by atomic mass is 9.96. The Bertz CT molecular complexity index is 1060. The molecule has 1 fully saturated rings. The molecule has 0 spiro atoms. The molecular formula is C27H34N4O2. The van der Waals surface area contributed by atoms with Crippen LogP contribution < -0.4 is 15.4 Å². The molecule has 174 valence electrons. The van der Waals surface area contributed by atoms with E-state index in [4.69, 9.17) is 9.72 Å². The summed E-state index contributed by atoms with van der Waals surface area (Å²) in [4.78, 5) is 17.2. The van der Waals surface area contributed by atoms with Gasteiger partial charge in [0.1, 0.15) is 11.6 Å². The third kappa shape index (κ3) is 5.95. The normalized spacial score (nSPS) is 14.1. The molecule has 2 aromatic carbocycles. The molecule has 1 aromatic heterocycles. The first-order chi connectivity index (χ1) is 16.1. The molecule has 0 atom stereocenters. The Morgan fingerprint density at radius 2 is 1.76 bits per heavy atom. The molecule has 2 N–H and O–H groups in total. The van der Waals surface area contributed by atoms with Crippen LogP contribution in [0.15, 0.2) is 54.6 Å². The molecule has 3 aromatic rings. The summed E-state index contributed by atoms with van der Waals surface area (Å²) in [7, 11) is 0. The van der Waals surface area contributed by atoms with Gasteiger partial charge in [-0.3, -0.25) is 0 Å². The lowest BCUT2D eigenvalue weighted by Gasteiger charge is -2.23. The molecule has 6 heteroatoms. The number of para-hydroxylation sites is 2. The van der Waals surface area contributed by atoms with E-state index in [1.807, 2.05) is 49.4 Å². The number of hydrogen-bond acceptors (Lipinski definition) is 3. The van der Waals surface area contributed by atoms with E-state index < -0.39 is 0 Å². The van der Waals surface area contributed by atoms with E-state index in [0.29, 0.717) is 18.0 Å². The summed E-state index contributed by atoms with van der Waals surface area (Å²) in [5.74, 6) is 1.70. The highest BCUT2D eigenvalue weighted by Crippen LogP contribution is 2.26. The highest BCUT2D eigenvalue weighted by atomic mass is 16.5. The van der Waals surface area contributed by atoms with Crippen LogP contribution in [0.1, 0.15) is 50.0 Å². The van der Waals surface area contributed by atoms with Crippen molar-refractivity contribution in [1.29, 1.82) is 0 Å². The standard InChI is InChI=1S/C27H34N4O2/c1-20-26(22-12-5-3-6-13-22)28-21(2)31(20)18-11-19-33-25-17-10-9-16-24(25)30-27(32)29-23-14-7-4-8-15-23/h3,5-6,9-10,12-13,16-17,23H,4,7-8,11,14-15,18-19H2,1-2H3,(H2,29,30,32). The van der Waals surface area contributed by atoms with Gasteiger partial charge in [-0.1, -0.05) is 61.7 Å². The molecule has 33 heavy (non-hydrogen) atoms. The van der Waals surface area contributed by atoms with Gasteiger partial charge in [-0.15, -0.1) is 0 Å². The van der Waals surface area contributed by atoms with Gasteiger partial charge in [0.25, 0.3) is 0 Å². The Kier molecular flexibility index (Phi) is 7.66. The Morgan fingerprint density at radius 3 is 2.55 bits per heavy atom. The molecule has 0 bridgehead atoms. The van der Waals surface area contributed by atoms with Gasteiger partial charge >= 0.3 is 6.03 Å². The smallest absolute Gasteiger partial charge is 0.319 e. The lowest BCUT2D eigenvalue weighted by Crippen LogP contribution is -2.39. The predicted molar refractivity (Wildman–Crippen MR) is 133 cm³/mol. The molecule has 6 nitrogen and oxygen atoms in total. The third-order valence-electron chi connectivity index (χ3n) is 6.32. The zero-order valence-electron chi connectivity index (χ0n) is 19.6. The maximum atomic E-state index is 12.5. The van der Waals surface area contributed by atoms with E-state index in [1.54, 1.807) is 0 Å². The van der Waals surface area contributed by atoms with Gasteiger partial charge in [0, 0.05) is 23.8 Å². The second kappa shape index (κ2) is 11.0. The fourth-order valence-electron chi connectivity index (χ4n) is 4.56. The van der Waals surface area contributed by atoms with Crippen molar-refractivity contribution in [2.75, 3.05) is 11.9 Å². The fourth-order valence-corrected chi connectivity index (χ4v) is 4.56. The van der Waals surface area contributed by atoms with Crippen LogP contribution in [0.5, 0.6) is 5.75 Å². The van der Waals surface area contributed by atoms with Gasteiger partial charge in [0.15, 0.2) is 0 Å². The minimum Gasteiger partial charge on any atom is -0.491 e. The third-order valence-corrected chi connectivity index (χ3v) is 6.32. The highest BCUT2D eigenvalue weighted by molar-refractivity contribution is 5.91. The average Bonchev–Trinajstić information content (AvgIpc) is 3.12. The number of urea groups is 1. The van der Waals surface area contributed by atoms with E-state index in [9.17, 15) is 4.79 Å². The lowest BCUT2D eigenvalue weighted by molar-refractivity contribution is 0.244. The summed E-state index contributed by atoms with van der Waals surface area (Å²) < 4.78 is 8.29. The van der Waals surface area contributed by atoms with Crippen LogP contribution in [0.2, 0.25) is 0 Å². The zero-order valence-corrected chi connectivity index (χ0v) is 19.6. The summed E-state index contributed by atoms with van der Waals surface area (Å²) in [5, 5.41) is 6.06. The van der Waals surface area contributed by atoms with Crippen LogP contribution in [0.25, 0.3) is 11.3 Å². The molecule has 1 aliphatic rings. The molecule has 1 saturated carbocycles. The van der Waals surface area contributed by atoms with Crippen LogP contribution in [-0.2, 0) is 6.54 Å². The maximum absolute atomic E-state index is 12.5. The number of carbonyl (C=O) groups is 1. The van der Waals surface area contributed by atoms with Crippen molar-refractivity contribution in [1.82, 2.24) is 14.9 Å². The number of benzene rings is 2. The van der Waals surface area contributed by atoms with Crippen molar-refractivity contribution in [2.45, 2.75) is 65.0 Å². The Morgan fingerprint density at radius 1 is 1.03 bits per heavy atom. The maximum Gasteiger partial charge on any atom is 0.319 e. The second-order valence-corrected chi connectivity index (χ2v) is 8.74. The first kappa shape index (κ1) is 22.9. The molecular weight excluding hydrogens is 412 g/mol. The molecule has 1 aliphatic carbocycles. The van der Waals surface area contributed by atoms with Crippen molar-refractivity contribution >= 4 is 11.7 Å². The second-order valence-electron chi connectivity index (χ2n) is 8.74. The number of anilines is 1. The minimum atomic E-state index is -0.156. The summed E-state index contributed by atoms with van der Waals surface area (Å²) in [6, 6.07) is 18.0. The number of aryl methyl sites for hydroxylation is 1. The number of nitrogens with zero attached hydrogens (tertiary/aromatic N) is 2. The van der Waals surface area contributed by atoms with Gasteiger partial charge in [0.05, 0.1) is 18.0 Å². The number of ether oxygens (including phenoxy) is 1. The molecule has 0 radical (unpaired) electrons. The Balaban J connectivity index is 1.31. The number of aromatic nitrogens is 2. The quantitative estimate of drug-likeness (QED) is 0.411. The zero-order chi connectivity index (χ0) is 23.0. The molecule has 0 aliphatic heterocycles. The van der Waals surface area contributed by atoms with E-state index in [0.717, 1.165) is 42.9 Å². The largest absolute Gasteiger partial charge is 0.491 e. The van der Waals surface area contributed by atoms with Crippen LogP contribution in [0.3, 0.4) is 0 Å². The molecule has 0 unspecified atom stereocenters. The fraction of sp³-hybridized carbons (Fsp3) is 0.407. The van der Waals surface area contributed by atoms with Crippen LogP contribution in [0, 0.1) is 13.8 Å². The summed E-state index contributed by atoms with van der Waals surface area (Å²) in [6.45, 7) is 5.55. The summed E-state index contributed by atoms with van der Waals surface area (Å²) in [6.07, 6.45) is 6.60. The number of hydrogen-bond donors (Lipinski definition) is 2. The van der Waals surface area contributed by atoms with Crippen molar-refractivity contribution < 1.29 is 9.53 Å². The number of imidazole rings is 1. The topological polar surface area (TPSA) is 68.2 Å². The monoisotopic (exact) mass is 446 g/mol. The van der Waals surface area contributed by atoms with Crippen LogP contribution >= 0.6 is 0 Å². The minimum absolute atomic E-state index is 0.156. The molecule has 2 amide bonds. The van der Waals surface area contributed by atoms with Crippen molar-refractivity contribution in [3.8, 4) is 17.0 Å². The molecule has 0 saturated heterocycles. The van der Waals surface area contributed by atoms with Gasteiger partial charge in [-0.25, -0.2) is 9.78 Å². The highest BCUT2D eigenvalue weighted by Gasteiger charge is 2.17. The van der Waals surface area contributed by atoms with Gasteiger partial charge in [-0.2, -0.15) is 0 Å². The number of nitrogens with one attached hydrogen (secondary N) is 2. The number of amides is 2. The van der Waals surface area contributed by atoms with Crippen LogP contribution in [0.4, 0.5) is 10.5 Å². The van der Waals surface area contributed by atoms with E-state index in [1.165, 1.54) is 25.0 Å². The molecule has 4 rings (SSSR count). The van der Waals surface area contributed by atoms with E-state index >= 15 is 0 Å². The first-order valence-electron chi connectivity index (χ1n) is 12.0. The SMILES string of the molecule is Cc1nc(-c2ccccc2)c(C)n1CCCOc1ccccc1NC(=O)NC1CCCCC1. The Hall–Kier alpha value is -3.28. The van der Waals surface area contributed by atoms with E-state index in [-0.39, 0.29) is 12.1 Å². The van der Waals surface area contributed by atoms with Crippen molar-refractivity contribution in [3.63, 3.8) is 0 Å². The molecule has 1 heterocycles. The van der Waals surface area contributed by atoms with Crippen LogP contribution in [-0.4, -0.2) is 28.2 Å². The van der Waals surface area contributed by atoms with Crippen molar-refractivity contribution in [2.24, 2.45) is 0 Å². The summed E-state index contributed by atoms with van der Waals surface area (Å²) >= 11 is 0. The average molecular weight is 447 g/mol. The van der Waals surface area contributed by atoms with Crippen molar-refractivity contribution in [3.05, 3.63) is 66.1 Å². The van der Waals surface area contributed by atoms with Gasteiger partial charge in [-0.05, 0) is 45.2 Å². The van der Waals surface area contributed by atoms with E-state index in [2.05, 4.69) is 34.3 Å². The summed E-state index contributed by atoms with van der Waals surface area (Å²) in [5.41, 5.74) is 4.04. The number of carbonyl (C=O) groups excluding carboxylic acids is 1. The Labute approximate surface area is 196 Å². The number of rotatable bonds is 8. The van der Waals surface area contributed by atoms with Gasteiger partial charge < -0.3 is 19.9 Å². The van der Waals surface area contributed by atoms with Gasteiger partial charge in [0.2, 0.25) is 0 Å².